The molecule has 2 aliphatic rings. The van der Waals surface area contributed by atoms with Gasteiger partial charge in [-0.1, -0.05) is 36.2 Å². The average molecular weight is 327 g/mol. The maximum atomic E-state index is 12.8. The van der Waals surface area contributed by atoms with E-state index in [0.717, 1.165) is 38.0 Å². The number of hydrogen-bond acceptors (Lipinski definition) is 2. The third-order valence-corrected chi connectivity index (χ3v) is 5.51. The lowest BCUT2D eigenvalue weighted by molar-refractivity contribution is -0.138. The summed E-state index contributed by atoms with van der Waals surface area (Å²) in [5.74, 6) is 0.845. The van der Waals surface area contributed by atoms with Gasteiger partial charge in [0.2, 0.25) is 5.91 Å². The Kier molecular flexibility index (Phi) is 4.43. The number of nitrogens with one attached hydrogen (secondary N) is 1. The Morgan fingerprint density at radius 1 is 1.33 bits per heavy atom. The molecule has 0 saturated carbocycles. The van der Waals surface area contributed by atoms with Gasteiger partial charge in [-0.15, -0.1) is 0 Å². The van der Waals surface area contributed by atoms with Gasteiger partial charge in [0.15, 0.2) is 0 Å². The molecule has 0 bridgehead atoms. The van der Waals surface area contributed by atoms with E-state index in [9.17, 15) is 4.79 Å². The molecule has 0 radical (unpaired) electrons. The molecule has 114 valence electrons. The molecule has 21 heavy (non-hydrogen) atoms. The summed E-state index contributed by atoms with van der Waals surface area (Å²) >= 11 is 12.1. The van der Waals surface area contributed by atoms with E-state index in [-0.39, 0.29) is 17.9 Å². The van der Waals surface area contributed by atoms with Gasteiger partial charge >= 0.3 is 0 Å². The van der Waals surface area contributed by atoms with Gasteiger partial charge in [0.05, 0.1) is 16.1 Å². The fourth-order valence-corrected chi connectivity index (χ4v) is 3.53. The van der Waals surface area contributed by atoms with Crippen molar-refractivity contribution in [1.82, 2.24) is 10.2 Å². The minimum atomic E-state index is 0.0922. The van der Waals surface area contributed by atoms with Crippen molar-refractivity contribution >= 4 is 29.1 Å². The van der Waals surface area contributed by atoms with Crippen molar-refractivity contribution in [2.75, 3.05) is 19.6 Å². The van der Waals surface area contributed by atoms with Crippen LogP contribution in [0.25, 0.3) is 0 Å². The molecular weight excluding hydrogens is 307 g/mol. The van der Waals surface area contributed by atoms with Crippen LogP contribution in [-0.4, -0.2) is 30.4 Å². The van der Waals surface area contributed by atoms with E-state index in [2.05, 4.69) is 12.2 Å². The van der Waals surface area contributed by atoms with Gasteiger partial charge in [0, 0.05) is 12.5 Å². The molecule has 1 N–H and O–H groups in total. The van der Waals surface area contributed by atoms with Gasteiger partial charge in [-0.05, 0) is 49.5 Å². The van der Waals surface area contributed by atoms with E-state index < -0.39 is 0 Å². The van der Waals surface area contributed by atoms with Crippen molar-refractivity contribution in [2.24, 2.45) is 11.8 Å². The smallest absolute Gasteiger partial charge is 0.226 e. The summed E-state index contributed by atoms with van der Waals surface area (Å²) in [7, 11) is 0. The zero-order valence-corrected chi connectivity index (χ0v) is 13.6. The third kappa shape index (κ3) is 2.92. The molecule has 1 aromatic carbocycles. The van der Waals surface area contributed by atoms with Crippen LogP contribution >= 0.6 is 23.2 Å². The molecule has 0 aliphatic carbocycles. The molecule has 2 saturated heterocycles. The molecule has 0 spiro atoms. The summed E-state index contributed by atoms with van der Waals surface area (Å²) in [6.07, 6.45) is 2.05. The van der Waals surface area contributed by atoms with Crippen molar-refractivity contribution < 1.29 is 4.79 Å². The standard InChI is InChI=1S/C16H20Cl2N2O/c1-10(12-8-19-9-12)16(21)20-6-2-3-15(20)11-4-5-13(17)14(18)7-11/h4-5,7,10,12,15,19H,2-3,6,8-9H2,1H3. The zero-order valence-electron chi connectivity index (χ0n) is 12.1. The first-order valence-corrected chi connectivity index (χ1v) is 8.29. The second-order valence-corrected chi connectivity index (χ2v) is 6.88. The van der Waals surface area contributed by atoms with E-state index in [1.807, 2.05) is 23.1 Å². The Morgan fingerprint density at radius 3 is 2.71 bits per heavy atom. The number of hydrogen-bond donors (Lipinski definition) is 1. The molecular formula is C16H20Cl2N2O. The second-order valence-electron chi connectivity index (χ2n) is 6.07. The first-order chi connectivity index (χ1) is 10.1. The highest BCUT2D eigenvalue weighted by Gasteiger charge is 2.36. The SMILES string of the molecule is CC(C(=O)N1CCCC1c1ccc(Cl)c(Cl)c1)C1CNC1. The van der Waals surface area contributed by atoms with E-state index in [4.69, 9.17) is 23.2 Å². The van der Waals surface area contributed by atoms with Gasteiger partial charge in [-0.25, -0.2) is 0 Å². The van der Waals surface area contributed by atoms with Crippen LogP contribution in [0.1, 0.15) is 31.4 Å². The van der Waals surface area contributed by atoms with Crippen LogP contribution in [0.5, 0.6) is 0 Å². The van der Waals surface area contributed by atoms with Crippen molar-refractivity contribution in [1.29, 1.82) is 0 Å². The average Bonchev–Trinajstić information content (AvgIpc) is 2.88. The normalized spacial score (nSPS) is 24.0. The molecule has 2 unspecified atom stereocenters. The highest BCUT2D eigenvalue weighted by Crippen LogP contribution is 2.36. The van der Waals surface area contributed by atoms with Gasteiger partial charge < -0.3 is 10.2 Å². The third-order valence-electron chi connectivity index (χ3n) is 4.77. The number of benzene rings is 1. The molecule has 3 nitrogen and oxygen atoms in total. The minimum absolute atomic E-state index is 0.0922. The van der Waals surface area contributed by atoms with Crippen LogP contribution in [0.4, 0.5) is 0 Å². The number of halogens is 2. The number of amides is 1. The number of rotatable bonds is 3. The predicted octanol–water partition coefficient (Wildman–Crippen LogP) is 3.51. The van der Waals surface area contributed by atoms with Crippen LogP contribution in [0.2, 0.25) is 10.0 Å². The molecule has 0 aromatic heterocycles. The number of likely N-dealkylation sites (tertiary alicyclic amines) is 1. The first-order valence-electron chi connectivity index (χ1n) is 7.54. The van der Waals surface area contributed by atoms with Crippen molar-refractivity contribution in [2.45, 2.75) is 25.8 Å². The van der Waals surface area contributed by atoms with Crippen LogP contribution in [0.3, 0.4) is 0 Å². The maximum Gasteiger partial charge on any atom is 0.226 e. The predicted molar refractivity (Wildman–Crippen MR) is 85.7 cm³/mol. The van der Waals surface area contributed by atoms with E-state index in [1.165, 1.54) is 0 Å². The summed E-state index contributed by atoms with van der Waals surface area (Å²) in [6, 6.07) is 5.85. The Hall–Kier alpha value is -0.770. The number of nitrogens with zero attached hydrogens (tertiary/aromatic N) is 1. The van der Waals surface area contributed by atoms with Crippen LogP contribution in [0, 0.1) is 11.8 Å². The van der Waals surface area contributed by atoms with E-state index in [1.54, 1.807) is 0 Å². The van der Waals surface area contributed by atoms with Gasteiger partial charge in [0.25, 0.3) is 0 Å². The zero-order chi connectivity index (χ0) is 15.0. The fourth-order valence-electron chi connectivity index (χ4n) is 3.22. The first kappa shape index (κ1) is 15.1. The summed E-state index contributed by atoms with van der Waals surface area (Å²) in [5, 5.41) is 4.36. The Balaban J connectivity index is 1.78. The lowest BCUT2D eigenvalue weighted by atomic mass is 9.87. The molecule has 2 aliphatic heterocycles. The Bertz CT molecular complexity index is 545. The summed E-state index contributed by atoms with van der Waals surface area (Å²) in [5.41, 5.74) is 1.09. The highest BCUT2D eigenvalue weighted by atomic mass is 35.5. The Morgan fingerprint density at radius 2 is 2.10 bits per heavy atom. The molecule has 2 heterocycles. The topological polar surface area (TPSA) is 32.3 Å². The maximum absolute atomic E-state index is 12.8. The molecule has 5 heteroatoms. The Labute approximate surface area is 135 Å². The van der Waals surface area contributed by atoms with E-state index >= 15 is 0 Å². The van der Waals surface area contributed by atoms with Crippen LogP contribution in [-0.2, 0) is 4.79 Å². The van der Waals surface area contributed by atoms with E-state index in [0.29, 0.717) is 16.0 Å². The second kappa shape index (κ2) is 6.15. The number of carbonyl (C=O) groups is 1. The van der Waals surface area contributed by atoms with Crippen LogP contribution in [0.15, 0.2) is 18.2 Å². The van der Waals surface area contributed by atoms with Gasteiger partial charge in [0.1, 0.15) is 0 Å². The lowest BCUT2D eigenvalue weighted by Gasteiger charge is -2.36. The van der Waals surface area contributed by atoms with Crippen molar-refractivity contribution in [3.63, 3.8) is 0 Å². The van der Waals surface area contributed by atoms with Gasteiger partial charge in [-0.2, -0.15) is 0 Å². The summed E-state index contributed by atoms with van der Waals surface area (Å²) < 4.78 is 0. The monoisotopic (exact) mass is 326 g/mol. The van der Waals surface area contributed by atoms with Crippen LogP contribution < -0.4 is 5.32 Å². The summed E-state index contributed by atoms with van der Waals surface area (Å²) in [6.45, 7) is 4.81. The minimum Gasteiger partial charge on any atom is -0.335 e. The highest BCUT2D eigenvalue weighted by molar-refractivity contribution is 6.42. The molecule has 1 amide bonds. The fraction of sp³-hybridized carbons (Fsp3) is 0.562. The quantitative estimate of drug-likeness (QED) is 0.921. The van der Waals surface area contributed by atoms with Crippen molar-refractivity contribution in [3.05, 3.63) is 33.8 Å². The van der Waals surface area contributed by atoms with Gasteiger partial charge in [-0.3, -0.25) is 4.79 Å². The van der Waals surface area contributed by atoms with Crippen molar-refractivity contribution in [3.8, 4) is 0 Å². The summed E-state index contributed by atoms with van der Waals surface area (Å²) in [4.78, 5) is 14.8. The molecule has 2 atom stereocenters. The molecule has 3 rings (SSSR count). The lowest BCUT2D eigenvalue weighted by Crippen LogP contribution is -2.50. The molecule has 1 aromatic rings. The number of carbonyl (C=O) groups excluding carboxylic acids is 1. The largest absolute Gasteiger partial charge is 0.335 e. The molecule has 2 fully saturated rings.